The molecule has 0 aromatic rings. The fraction of sp³-hybridized carbons (Fsp3) is 1.00. The Hall–Kier alpha value is 0.584. The van der Waals surface area contributed by atoms with Crippen LogP contribution in [0.1, 0.15) is 0 Å². The van der Waals surface area contributed by atoms with E-state index in [2.05, 4.69) is 14.8 Å². The molecule has 9 heavy (non-hydrogen) atoms. The van der Waals surface area contributed by atoms with Crippen LogP contribution in [0.25, 0.3) is 0 Å². The average molecular weight is 251 g/mol. The molecule has 0 unspecified atom stereocenters. The zero-order chi connectivity index (χ0) is 8.08. The van der Waals surface area contributed by atoms with Gasteiger partial charge in [0.05, 0.1) is 0 Å². The van der Waals surface area contributed by atoms with Gasteiger partial charge >= 0.3 is 41.8 Å². The zero-order valence-corrected chi connectivity index (χ0v) is 8.44. The first-order valence-corrected chi connectivity index (χ1v) is 10.9. The van der Waals surface area contributed by atoms with Crippen molar-refractivity contribution in [2.24, 2.45) is 0 Å². The summed E-state index contributed by atoms with van der Waals surface area (Å²) >= 11 is -0.543. The van der Waals surface area contributed by atoms with Crippen molar-refractivity contribution in [3.63, 3.8) is 0 Å². The molecule has 0 aromatic carbocycles. The van der Waals surface area contributed by atoms with Gasteiger partial charge in [-0.3, -0.25) is 0 Å². The van der Waals surface area contributed by atoms with Gasteiger partial charge in [0.1, 0.15) is 0 Å². The second-order valence-corrected chi connectivity index (χ2v) is 10.6. The molecule has 0 amide bonds. The third-order valence-electron chi connectivity index (χ3n) is 0. The average Bonchev–Trinajstić information content (AvgIpc) is 1.19. The number of hydrogen-bond acceptors (Lipinski definition) is 0. The Morgan fingerprint density at radius 3 is 0.889 bits per heavy atom. The summed E-state index contributed by atoms with van der Waals surface area (Å²) in [6.07, 6.45) is 0. The SMILES string of the molecule is F[B-](F)(F)F.[CH3][Sn+]([CH3])[CH3]. The van der Waals surface area contributed by atoms with E-state index in [0.29, 0.717) is 0 Å². The summed E-state index contributed by atoms with van der Waals surface area (Å²) in [6, 6.07) is 0. The summed E-state index contributed by atoms with van der Waals surface area (Å²) < 4.78 is 39.0. The van der Waals surface area contributed by atoms with Crippen LogP contribution in [0.5, 0.6) is 0 Å². The quantitative estimate of drug-likeness (QED) is 0.458. The molecule has 0 spiro atoms. The normalized spacial score (nSPS) is 9.67. The van der Waals surface area contributed by atoms with E-state index in [9.17, 15) is 17.3 Å². The zero-order valence-electron chi connectivity index (χ0n) is 5.59. The molecule has 56 valence electrons. The van der Waals surface area contributed by atoms with Gasteiger partial charge in [-0.25, -0.2) is 0 Å². The number of rotatable bonds is 0. The van der Waals surface area contributed by atoms with Crippen LogP contribution in [0.3, 0.4) is 0 Å². The Bertz CT molecular complexity index is 52.6. The molecule has 0 saturated carbocycles. The topological polar surface area (TPSA) is 0 Å². The van der Waals surface area contributed by atoms with Gasteiger partial charge in [0.25, 0.3) is 0 Å². The molecule has 0 aliphatic carbocycles. The molecule has 0 nitrogen and oxygen atoms in total. The van der Waals surface area contributed by atoms with E-state index < -0.39 is 27.0 Å². The standard InChI is InChI=1S/3CH3.BF4.Sn/c;;;2-1(3,4)5;/h3*1H3;;/q;;;-1;+1. The van der Waals surface area contributed by atoms with Crippen molar-refractivity contribution in [3.8, 4) is 0 Å². The summed E-state index contributed by atoms with van der Waals surface area (Å²) in [6.45, 7) is 0. The van der Waals surface area contributed by atoms with Crippen LogP contribution in [-0.4, -0.2) is 27.0 Å². The Labute approximate surface area is 59.5 Å². The Kier molecular flexibility index (Phi) is 7.33. The molecule has 0 heterocycles. The molecular formula is C3H9BF4Sn. The third-order valence-corrected chi connectivity index (χ3v) is 0. The molecule has 0 N–H and O–H groups in total. The molecule has 0 fully saturated rings. The van der Waals surface area contributed by atoms with E-state index in [-0.39, 0.29) is 0 Å². The second-order valence-electron chi connectivity index (χ2n) is 1.99. The fourth-order valence-electron chi connectivity index (χ4n) is 0. The molecular weight excluding hydrogens is 242 g/mol. The summed E-state index contributed by atoms with van der Waals surface area (Å²) in [5.41, 5.74) is 0. The summed E-state index contributed by atoms with van der Waals surface area (Å²) in [5.74, 6) is 0. The van der Waals surface area contributed by atoms with E-state index in [4.69, 9.17) is 0 Å². The fourth-order valence-corrected chi connectivity index (χ4v) is 0. The van der Waals surface area contributed by atoms with Crippen molar-refractivity contribution in [2.45, 2.75) is 14.8 Å². The van der Waals surface area contributed by atoms with E-state index >= 15 is 0 Å². The molecule has 0 radical (unpaired) electrons. The van der Waals surface area contributed by atoms with E-state index in [1.54, 1.807) is 0 Å². The number of halogens is 4. The summed E-state index contributed by atoms with van der Waals surface area (Å²) in [7, 11) is -6.00. The van der Waals surface area contributed by atoms with Gasteiger partial charge in [-0.2, -0.15) is 0 Å². The molecule has 0 saturated heterocycles. The maximum absolute atomic E-state index is 9.75. The molecule has 0 aliphatic rings. The third kappa shape index (κ3) is 1090. The summed E-state index contributed by atoms with van der Waals surface area (Å²) in [5, 5.41) is 0. The summed E-state index contributed by atoms with van der Waals surface area (Å²) in [4.78, 5) is 7.09. The van der Waals surface area contributed by atoms with Crippen LogP contribution in [0.15, 0.2) is 0 Å². The van der Waals surface area contributed by atoms with Crippen molar-refractivity contribution in [1.82, 2.24) is 0 Å². The van der Waals surface area contributed by atoms with Crippen LogP contribution in [0, 0.1) is 0 Å². The molecule has 0 aliphatic heterocycles. The van der Waals surface area contributed by atoms with Crippen LogP contribution in [-0.2, 0) is 0 Å². The first-order chi connectivity index (χ1) is 3.73. The molecule has 0 atom stereocenters. The van der Waals surface area contributed by atoms with Crippen LogP contribution in [0.4, 0.5) is 17.3 Å². The van der Waals surface area contributed by atoms with Crippen LogP contribution >= 0.6 is 0 Å². The van der Waals surface area contributed by atoms with Gasteiger partial charge in [-0.05, 0) is 0 Å². The van der Waals surface area contributed by atoms with Crippen molar-refractivity contribution in [3.05, 3.63) is 0 Å². The molecule has 0 bridgehead atoms. The predicted octanol–water partition coefficient (Wildman–Crippen LogP) is 2.67. The Morgan fingerprint density at radius 2 is 0.889 bits per heavy atom. The first kappa shape index (κ1) is 12.3. The van der Waals surface area contributed by atoms with Crippen LogP contribution < -0.4 is 0 Å². The van der Waals surface area contributed by atoms with Crippen LogP contribution in [0.2, 0.25) is 14.8 Å². The minimum absolute atomic E-state index is 0.543. The molecule has 0 aromatic heterocycles. The monoisotopic (exact) mass is 252 g/mol. The minimum atomic E-state index is -6.00. The van der Waals surface area contributed by atoms with Crippen molar-refractivity contribution < 1.29 is 17.3 Å². The van der Waals surface area contributed by atoms with Gasteiger partial charge in [0, 0.05) is 0 Å². The molecule has 6 heteroatoms. The predicted molar refractivity (Wildman–Crippen MR) is 33.5 cm³/mol. The van der Waals surface area contributed by atoms with E-state index in [1.165, 1.54) is 0 Å². The Morgan fingerprint density at radius 1 is 0.889 bits per heavy atom. The first-order valence-electron chi connectivity index (χ1n) is 2.37. The van der Waals surface area contributed by atoms with Crippen molar-refractivity contribution in [2.75, 3.05) is 0 Å². The van der Waals surface area contributed by atoms with E-state index in [1.807, 2.05) is 0 Å². The number of hydrogen-bond donors (Lipinski definition) is 0. The van der Waals surface area contributed by atoms with Gasteiger partial charge in [-0.15, -0.1) is 0 Å². The van der Waals surface area contributed by atoms with Crippen molar-refractivity contribution >= 4 is 27.0 Å². The van der Waals surface area contributed by atoms with Crippen molar-refractivity contribution in [1.29, 1.82) is 0 Å². The van der Waals surface area contributed by atoms with Gasteiger partial charge in [0.2, 0.25) is 0 Å². The maximum atomic E-state index is 9.75. The van der Waals surface area contributed by atoms with E-state index in [0.717, 1.165) is 0 Å². The molecule has 0 rings (SSSR count). The van der Waals surface area contributed by atoms with Gasteiger partial charge in [-0.1, -0.05) is 0 Å². The van der Waals surface area contributed by atoms with Gasteiger partial charge in [0.15, 0.2) is 0 Å². The second kappa shape index (κ2) is 5.37. The van der Waals surface area contributed by atoms with Gasteiger partial charge < -0.3 is 17.3 Å². The Balaban J connectivity index is 0.